The van der Waals surface area contributed by atoms with E-state index in [4.69, 9.17) is 23.2 Å². The molecule has 0 radical (unpaired) electrons. The summed E-state index contributed by atoms with van der Waals surface area (Å²) in [7, 11) is 1.16. The highest BCUT2D eigenvalue weighted by molar-refractivity contribution is 6.31. The van der Waals surface area contributed by atoms with Gasteiger partial charge in [0.05, 0.1) is 5.69 Å². The van der Waals surface area contributed by atoms with Crippen molar-refractivity contribution >= 4 is 46.7 Å². The van der Waals surface area contributed by atoms with E-state index in [-0.39, 0.29) is 11.6 Å². The van der Waals surface area contributed by atoms with Crippen LogP contribution in [0.25, 0.3) is 0 Å². The molecular weight excluding hydrogens is 472 g/mol. The van der Waals surface area contributed by atoms with Crippen LogP contribution in [0.5, 0.6) is 0 Å². The molecule has 3 aromatic rings. The molecule has 15 heteroatoms. The number of carbonyl (C=O) groups excluding carboxylic acids is 1. The predicted octanol–water partition coefficient (Wildman–Crippen LogP) is 4.00. The van der Waals surface area contributed by atoms with E-state index in [9.17, 15) is 26.7 Å². The van der Waals surface area contributed by atoms with Gasteiger partial charge >= 0.3 is 6.18 Å². The van der Waals surface area contributed by atoms with E-state index in [0.29, 0.717) is 6.07 Å². The molecule has 0 saturated heterocycles. The fourth-order valence-corrected chi connectivity index (χ4v) is 2.73. The van der Waals surface area contributed by atoms with Crippen LogP contribution in [0.2, 0.25) is 10.2 Å². The molecular formula is C16H10Cl2F5N7O. The molecule has 2 aromatic heterocycles. The minimum Gasteiger partial charge on any atom is -0.313 e. The molecule has 2 heterocycles. The maximum absolute atomic E-state index is 14.3. The largest absolute Gasteiger partial charge is 0.433 e. The number of carbonyl (C=O) groups is 1. The molecule has 31 heavy (non-hydrogen) atoms. The standard InChI is InChI=1S/C16H10Cl2F5N7O/c1-29(8-3-2-7(19)12(18)13(8)20)11(31)5-30(14-24-6-25-28-14)15-26-9(16(21,22)23)4-10(17)27-15/h2-4,6H,5H2,1H3,(H,24,25,28). The molecule has 3 rings (SSSR count). The predicted molar refractivity (Wildman–Crippen MR) is 100 cm³/mol. The number of rotatable bonds is 5. The van der Waals surface area contributed by atoms with Crippen LogP contribution in [-0.4, -0.2) is 44.6 Å². The average molecular weight is 482 g/mol. The first-order valence-electron chi connectivity index (χ1n) is 8.14. The first-order valence-corrected chi connectivity index (χ1v) is 8.90. The Morgan fingerprint density at radius 2 is 1.90 bits per heavy atom. The molecule has 164 valence electrons. The monoisotopic (exact) mass is 481 g/mol. The van der Waals surface area contributed by atoms with E-state index in [1.807, 2.05) is 0 Å². The minimum absolute atomic E-state index is 0.185. The van der Waals surface area contributed by atoms with E-state index < -0.39 is 52.1 Å². The van der Waals surface area contributed by atoms with Gasteiger partial charge in [0.2, 0.25) is 17.8 Å². The summed E-state index contributed by atoms with van der Waals surface area (Å²) in [6, 6.07) is 2.34. The molecule has 0 unspecified atom stereocenters. The lowest BCUT2D eigenvalue weighted by molar-refractivity contribution is -0.141. The van der Waals surface area contributed by atoms with E-state index in [1.54, 1.807) is 0 Å². The van der Waals surface area contributed by atoms with Gasteiger partial charge in [-0.15, -0.1) is 10.2 Å². The number of anilines is 3. The Morgan fingerprint density at radius 1 is 1.19 bits per heavy atom. The van der Waals surface area contributed by atoms with E-state index in [1.165, 1.54) is 0 Å². The van der Waals surface area contributed by atoms with Gasteiger partial charge in [0.25, 0.3) is 0 Å². The summed E-state index contributed by atoms with van der Waals surface area (Å²) < 4.78 is 67.0. The van der Waals surface area contributed by atoms with Gasteiger partial charge in [0.1, 0.15) is 28.9 Å². The number of hydrogen-bond acceptors (Lipinski definition) is 6. The summed E-state index contributed by atoms with van der Waals surface area (Å²) in [4.78, 5) is 24.0. The molecule has 8 nitrogen and oxygen atoms in total. The van der Waals surface area contributed by atoms with Crippen LogP contribution in [0.1, 0.15) is 5.69 Å². The molecule has 0 fully saturated rings. The van der Waals surface area contributed by atoms with Crippen molar-refractivity contribution in [1.29, 1.82) is 0 Å². The fourth-order valence-electron chi connectivity index (χ4n) is 2.39. The van der Waals surface area contributed by atoms with E-state index in [0.717, 1.165) is 35.3 Å². The van der Waals surface area contributed by atoms with Gasteiger partial charge in [-0.05, 0) is 12.1 Å². The number of benzene rings is 1. The molecule has 0 bridgehead atoms. The molecule has 1 aromatic carbocycles. The van der Waals surface area contributed by atoms with Crippen molar-refractivity contribution in [3.63, 3.8) is 0 Å². The van der Waals surface area contributed by atoms with Gasteiger partial charge in [0.15, 0.2) is 11.5 Å². The SMILES string of the molecule is CN(C(=O)CN(c1nc(Cl)cc(C(F)(F)F)n1)c1nnc[nH]1)c1ccc(F)c(Cl)c1F. The van der Waals surface area contributed by atoms with Crippen molar-refractivity contribution in [1.82, 2.24) is 25.1 Å². The maximum Gasteiger partial charge on any atom is 0.433 e. The molecule has 0 saturated carbocycles. The van der Waals surface area contributed by atoms with Crippen LogP contribution in [-0.2, 0) is 11.0 Å². The van der Waals surface area contributed by atoms with Crippen LogP contribution >= 0.6 is 23.2 Å². The molecule has 1 amide bonds. The summed E-state index contributed by atoms with van der Waals surface area (Å²) in [5, 5.41) is 5.78. The lowest BCUT2D eigenvalue weighted by Gasteiger charge is -2.24. The maximum atomic E-state index is 14.3. The van der Waals surface area contributed by atoms with Gasteiger partial charge in [-0.2, -0.15) is 13.2 Å². The summed E-state index contributed by atoms with van der Waals surface area (Å²) in [5.41, 5.74) is -1.72. The van der Waals surface area contributed by atoms with Crippen molar-refractivity contribution in [2.75, 3.05) is 23.4 Å². The number of alkyl halides is 3. The number of nitrogens with zero attached hydrogens (tertiary/aromatic N) is 6. The second kappa shape index (κ2) is 8.59. The van der Waals surface area contributed by atoms with Crippen LogP contribution in [0.15, 0.2) is 24.5 Å². The topological polar surface area (TPSA) is 90.9 Å². The smallest absolute Gasteiger partial charge is 0.313 e. The first kappa shape index (κ1) is 22.6. The third kappa shape index (κ3) is 4.82. The van der Waals surface area contributed by atoms with Gasteiger partial charge < -0.3 is 9.88 Å². The molecule has 0 aliphatic heterocycles. The van der Waals surface area contributed by atoms with Crippen LogP contribution in [0.3, 0.4) is 0 Å². The van der Waals surface area contributed by atoms with Crippen molar-refractivity contribution in [2.45, 2.75) is 6.18 Å². The molecule has 0 aliphatic carbocycles. The number of halogens is 7. The van der Waals surface area contributed by atoms with E-state index in [2.05, 4.69) is 25.1 Å². The molecule has 1 N–H and O–H groups in total. The van der Waals surface area contributed by atoms with Crippen molar-refractivity contribution in [3.8, 4) is 0 Å². The van der Waals surface area contributed by atoms with Crippen LogP contribution < -0.4 is 9.80 Å². The van der Waals surface area contributed by atoms with E-state index >= 15 is 0 Å². The Bertz CT molecular complexity index is 1110. The first-order chi connectivity index (χ1) is 14.5. The summed E-state index contributed by atoms with van der Waals surface area (Å²) >= 11 is 11.2. The zero-order valence-electron chi connectivity index (χ0n) is 15.3. The highest BCUT2D eigenvalue weighted by Crippen LogP contribution is 2.32. The Labute approximate surface area is 180 Å². The zero-order chi connectivity index (χ0) is 22.9. The highest BCUT2D eigenvalue weighted by Gasteiger charge is 2.35. The third-order valence-electron chi connectivity index (χ3n) is 3.92. The van der Waals surface area contributed by atoms with Gasteiger partial charge in [-0.1, -0.05) is 23.2 Å². The van der Waals surface area contributed by atoms with Crippen LogP contribution in [0, 0.1) is 11.6 Å². The van der Waals surface area contributed by atoms with Gasteiger partial charge in [-0.3, -0.25) is 9.69 Å². The van der Waals surface area contributed by atoms with Crippen molar-refractivity contribution in [3.05, 3.63) is 52.0 Å². The Balaban J connectivity index is 1.98. The Hall–Kier alpha value is -3.06. The van der Waals surface area contributed by atoms with Gasteiger partial charge in [0, 0.05) is 13.1 Å². The Kier molecular flexibility index (Phi) is 6.27. The Morgan fingerprint density at radius 3 is 2.52 bits per heavy atom. The summed E-state index contributed by atoms with van der Waals surface area (Å²) in [5.74, 6) is -3.87. The number of hydrogen-bond donors (Lipinski definition) is 1. The summed E-state index contributed by atoms with van der Waals surface area (Å²) in [6.45, 7) is -0.711. The number of amides is 1. The molecule has 0 aliphatic rings. The van der Waals surface area contributed by atoms with Crippen molar-refractivity contribution < 1.29 is 26.7 Å². The minimum atomic E-state index is -4.84. The molecule has 0 spiro atoms. The average Bonchev–Trinajstić information content (AvgIpc) is 3.23. The number of aromatic amines is 1. The molecule has 0 atom stereocenters. The summed E-state index contributed by atoms with van der Waals surface area (Å²) in [6.07, 6.45) is -3.74. The van der Waals surface area contributed by atoms with Crippen molar-refractivity contribution in [2.24, 2.45) is 0 Å². The number of aromatic nitrogens is 5. The normalized spacial score (nSPS) is 11.5. The van der Waals surface area contributed by atoms with Gasteiger partial charge in [-0.25, -0.2) is 18.7 Å². The fraction of sp³-hybridized carbons (Fsp3) is 0.188. The highest BCUT2D eigenvalue weighted by atomic mass is 35.5. The quantitative estimate of drug-likeness (QED) is 0.336. The lowest BCUT2D eigenvalue weighted by atomic mass is 10.2. The third-order valence-corrected chi connectivity index (χ3v) is 4.46. The number of nitrogens with one attached hydrogen (secondary N) is 1. The zero-order valence-corrected chi connectivity index (χ0v) is 16.8. The second-order valence-electron chi connectivity index (χ2n) is 5.92. The second-order valence-corrected chi connectivity index (χ2v) is 6.68. The number of H-pyrrole nitrogens is 1. The number of likely N-dealkylation sites (N-methyl/N-ethyl adjacent to an activating group) is 1. The van der Waals surface area contributed by atoms with Crippen LogP contribution in [0.4, 0.5) is 39.5 Å². The lowest BCUT2D eigenvalue weighted by Crippen LogP contribution is -2.38.